The second-order valence-electron chi connectivity index (χ2n) is 5.11. The zero-order valence-corrected chi connectivity index (χ0v) is 11.4. The summed E-state index contributed by atoms with van der Waals surface area (Å²) in [6.45, 7) is 4.94. The van der Waals surface area contributed by atoms with E-state index in [1.807, 2.05) is 6.92 Å². The number of aromatic nitrogens is 2. The van der Waals surface area contributed by atoms with Crippen molar-refractivity contribution >= 4 is 5.95 Å². The van der Waals surface area contributed by atoms with Crippen LogP contribution in [0, 0.1) is 5.92 Å². The maximum absolute atomic E-state index is 5.39. The van der Waals surface area contributed by atoms with Gasteiger partial charge in [-0.3, -0.25) is 0 Å². The van der Waals surface area contributed by atoms with Crippen molar-refractivity contribution in [2.45, 2.75) is 52.0 Å². The van der Waals surface area contributed by atoms with Crippen LogP contribution in [0.1, 0.15) is 46.0 Å². The molecule has 0 aliphatic heterocycles. The molecular weight excluding hydrogens is 226 g/mol. The SMILES string of the molecule is CCOc1ccnc(NC2CCCC(C)CC2)n1. The van der Waals surface area contributed by atoms with Crippen molar-refractivity contribution < 1.29 is 4.74 Å². The van der Waals surface area contributed by atoms with E-state index in [2.05, 4.69) is 22.2 Å². The summed E-state index contributed by atoms with van der Waals surface area (Å²) in [7, 11) is 0. The van der Waals surface area contributed by atoms with E-state index in [1.165, 1.54) is 32.1 Å². The van der Waals surface area contributed by atoms with Gasteiger partial charge in [-0.25, -0.2) is 4.98 Å². The van der Waals surface area contributed by atoms with E-state index >= 15 is 0 Å². The molecule has 1 aliphatic carbocycles. The molecule has 0 spiro atoms. The summed E-state index contributed by atoms with van der Waals surface area (Å²) in [5.41, 5.74) is 0. The minimum atomic E-state index is 0.506. The molecule has 2 rings (SSSR count). The molecule has 1 heterocycles. The van der Waals surface area contributed by atoms with Gasteiger partial charge in [0.2, 0.25) is 11.8 Å². The zero-order valence-electron chi connectivity index (χ0n) is 11.4. The predicted octanol–water partition coefficient (Wildman–Crippen LogP) is 3.26. The Morgan fingerprint density at radius 3 is 3.06 bits per heavy atom. The van der Waals surface area contributed by atoms with Crippen molar-refractivity contribution in [2.75, 3.05) is 11.9 Å². The van der Waals surface area contributed by atoms with Crippen molar-refractivity contribution in [3.63, 3.8) is 0 Å². The molecule has 18 heavy (non-hydrogen) atoms. The Bertz CT molecular complexity index is 370. The number of ether oxygens (including phenoxy) is 1. The van der Waals surface area contributed by atoms with E-state index in [0.29, 0.717) is 24.5 Å². The fraction of sp³-hybridized carbons (Fsp3) is 0.714. The first-order chi connectivity index (χ1) is 8.78. The summed E-state index contributed by atoms with van der Waals surface area (Å²) in [4.78, 5) is 8.62. The van der Waals surface area contributed by atoms with Crippen LogP contribution in [0.4, 0.5) is 5.95 Å². The first kappa shape index (κ1) is 13.1. The minimum absolute atomic E-state index is 0.506. The second-order valence-corrected chi connectivity index (χ2v) is 5.11. The number of rotatable bonds is 4. The van der Waals surface area contributed by atoms with Gasteiger partial charge in [0, 0.05) is 18.3 Å². The molecule has 1 aliphatic rings. The van der Waals surface area contributed by atoms with Crippen molar-refractivity contribution in [3.05, 3.63) is 12.3 Å². The lowest BCUT2D eigenvalue weighted by Crippen LogP contribution is -2.20. The van der Waals surface area contributed by atoms with Crippen LogP contribution in [0.2, 0.25) is 0 Å². The zero-order chi connectivity index (χ0) is 12.8. The lowest BCUT2D eigenvalue weighted by atomic mass is 10.0. The number of hydrogen-bond acceptors (Lipinski definition) is 4. The molecule has 4 heteroatoms. The Kier molecular flexibility index (Phi) is 4.79. The van der Waals surface area contributed by atoms with Gasteiger partial charge in [-0.1, -0.05) is 19.8 Å². The molecular formula is C14H23N3O. The summed E-state index contributed by atoms with van der Waals surface area (Å²) in [5, 5.41) is 3.44. The molecule has 1 aromatic rings. The molecule has 0 saturated heterocycles. The number of nitrogens with zero attached hydrogens (tertiary/aromatic N) is 2. The van der Waals surface area contributed by atoms with Crippen LogP contribution in [0.25, 0.3) is 0 Å². The van der Waals surface area contributed by atoms with Crippen LogP contribution in [-0.4, -0.2) is 22.6 Å². The molecule has 2 atom stereocenters. The normalized spacial score (nSPS) is 24.3. The fourth-order valence-electron chi connectivity index (χ4n) is 2.45. The molecule has 1 fully saturated rings. The van der Waals surface area contributed by atoms with Crippen LogP contribution in [0.5, 0.6) is 5.88 Å². The lowest BCUT2D eigenvalue weighted by Gasteiger charge is -2.16. The van der Waals surface area contributed by atoms with Crippen molar-refractivity contribution in [1.82, 2.24) is 9.97 Å². The molecule has 0 aromatic carbocycles. The van der Waals surface area contributed by atoms with E-state index < -0.39 is 0 Å². The highest BCUT2D eigenvalue weighted by molar-refractivity contribution is 5.28. The molecule has 4 nitrogen and oxygen atoms in total. The summed E-state index contributed by atoms with van der Waals surface area (Å²) < 4.78 is 5.39. The van der Waals surface area contributed by atoms with Crippen molar-refractivity contribution in [2.24, 2.45) is 5.92 Å². The van der Waals surface area contributed by atoms with E-state index in [9.17, 15) is 0 Å². The highest BCUT2D eigenvalue weighted by Gasteiger charge is 2.16. The predicted molar refractivity (Wildman–Crippen MR) is 72.9 cm³/mol. The largest absolute Gasteiger partial charge is 0.478 e. The molecule has 0 amide bonds. The molecule has 1 N–H and O–H groups in total. The van der Waals surface area contributed by atoms with Crippen LogP contribution in [0.3, 0.4) is 0 Å². The minimum Gasteiger partial charge on any atom is -0.478 e. The molecule has 0 bridgehead atoms. The Hall–Kier alpha value is -1.32. The van der Waals surface area contributed by atoms with Crippen molar-refractivity contribution in [3.8, 4) is 5.88 Å². The first-order valence-electron chi connectivity index (χ1n) is 7.00. The van der Waals surface area contributed by atoms with Gasteiger partial charge >= 0.3 is 0 Å². The maximum atomic E-state index is 5.39. The quantitative estimate of drug-likeness (QED) is 0.832. The number of anilines is 1. The Morgan fingerprint density at radius 1 is 1.33 bits per heavy atom. The highest BCUT2D eigenvalue weighted by Crippen LogP contribution is 2.24. The average molecular weight is 249 g/mol. The topological polar surface area (TPSA) is 47.0 Å². The monoisotopic (exact) mass is 249 g/mol. The van der Waals surface area contributed by atoms with Gasteiger partial charge in [-0.05, 0) is 32.1 Å². The smallest absolute Gasteiger partial charge is 0.226 e. The number of nitrogens with one attached hydrogen (secondary N) is 1. The van der Waals surface area contributed by atoms with Crippen LogP contribution in [0.15, 0.2) is 12.3 Å². The third-order valence-electron chi connectivity index (χ3n) is 3.51. The van der Waals surface area contributed by atoms with Gasteiger partial charge in [0.1, 0.15) is 0 Å². The van der Waals surface area contributed by atoms with E-state index in [-0.39, 0.29) is 0 Å². The third kappa shape index (κ3) is 3.86. The van der Waals surface area contributed by atoms with Gasteiger partial charge in [0.05, 0.1) is 6.61 Å². The molecule has 1 saturated carbocycles. The second kappa shape index (κ2) is 6.57. The average Bonchev–Trinajstić information content (AvgIpc) is 2.56. The third-order valence-corrected chi connectivity index (χ3v) is 3.51. The summed E-state index contributed by atoms with van der Waals surface area (Å²) >= 11 is 0. The lowest BCUT2D eigenvalue weighted by molar-refractivity contribution is 0.326. The van der Waals surface area contributed by atoms with Gasteiger partial charge in [0.25, 0.3) is 0 Å². The molecule has 2 unspecified atom stereocenters. The Morgan fingerprint density at radius 2 is 2.22 bits per heavy atom. The molecule has 1 aromatic heterocycles. The standard InChI is InChI=1S/C14H23N3O/c1-3-18-13-9-10-15-14(17-13)16-12-6-4-5-11(2)7-8-12/h9-12H,3-8H2,1-2H3,(H,15,16,17). The Balaban J connectivity index is 1.93. The molecule has 0 radical (unpaired) electrons. The van der Waals surface area contributed by atoms with Crippen LogP contribution >= 0.6 is 0 Å². The summed E-state index contributed by atoms with van der Waals surface area (Å²) in [6, 6.07) is 2.30. The van der Waals surface area contributed by atoms with Crippen LogP contribution in [-0.2, 0) is 0 Å². The Labute approximate surface area is 109 Å². The summed E-state index contributed by atoms with van der Waals surface area (Å²) in [6.07, 6.45) is 8.11. The van der Waals surface area contributed by atoms with Crippen LogP contribution < -0.4 is 10.1 Å². The van der Waals surface area contributed by atoms with Crippen molar-refractivity contribution in [1.29, 1.82) is 0 Å². The van der Waals surface area contributed by atoms with Gasteiger partial charge < -0.3 is 10.1 Å². The van der Waals surface area contributed by atoms with E-state index in [0.717, 1.165) is 5.92 Å². The first-order valence-corrected chi connectivity index (χ1v) is 7.00. The summed E-state index contributed by atoms with van der Waals surface area (Å²) in [5.74, 6) is 2.20. The van der Waals surface area contributed by atoms with Gasteiger partial charge in [-0.2, -0.15) is 4.98 Å². The van der Waals surface area contributed by atoms with E-state index in [1.54, 1.807) is 12.3 Å². The van der Waals surface area contributed by atoms with E-state index in [4.69, 9.17) is 4.74 Å². The highest BCUT2D eigenvalue weighted by atomic mass is 16.5. The number of hydrogen-bond donors (Lipinski definition) is 1. The maximum Gasteiger partial charge on any atom is 0.226 e. The van der Waals surface area contributed by atoms with Gasteiger partial charge in [0.15, 0.2) is 0 Å². The molecule has 100 valence electrons. The van der Waals surface area contributed by atoms with Gasteiger partial charge in [-0.15, -0.1) is 0 Å². The fourth-order valence-corrected chi connectivity index (χ4v) is 2.45.